The fourth-order valence-corrected chi connectivity index (χ4v) is 1.78. The Bertz CT molecular complexity index is 149. The molecule has 1 fully saturated rings. The van der Waals surface area contributed by atoms with Crippen molar-refractivity contribution in [3.63, 3.8) is 0 Å². The van der Waals surface area contributed by atoms with Gasteiger partial charge in [0.2, 0.25) is 0 Å². The molecule has 1 N–H and O–H groups in total. The van der Waals surface area contributed by atoms with E-state index in [0.29, 0.717) is 32.5 Å². The third-order valence-electron chi connectivity index (χ3n) is 2.70. The normalized spacial score (nSPS) is 25.2. The van der Waals surface area contributed by atoms with E-state index in [1.54, 1.807) is 7.11 Å². The third kappa shape index (κ3) is 5.47. The zero-order valence-electron chi connectivity index (χ0n) is 9.83. The molecule has 0 amide bonds. The van der Waals surface area contributed by atoms with Crippen LogP contribution in [0, 0.1) is 5.92 Å². The molecule has 0 aromatic heterocycles. The minimum Gasteiger partial charge on any atom is -0.382 e. The van der Waals surface area contributed by atoms with Gasteiger partial charge in [-0.3, -0.25) is 0 Å². The molecule has 1 aliphatic rings. The van der Waals surface area contributed by atoms with Gasteiger partial charge in [-0.2, -0.15) is 0 Å². The first kappa shape index (κ1) is 12.9. The highest BCUT2D eigenvalue weighted by Gasteiger charge is 2.28. The fourth-order valence-electron chi connectivity index (χ4n) is 1.78. The summed E-state index contributed by atoms with van der Waals surface area (Å²) in [6.07, 6.45) is 2.85. The minimum absolute atomic E-state index is 0.467. The summed E-state index contributed by atoms with van der Waals surface area (Å²) >= 11 is 0. The standard InChI is InChI=1S/C11H23NO3/c1-12-9-10-7-11(8-10)15-6-5-14-4-3-13-2/h10-12H,3-9H2,1-2H3. The van der Waals surface area contributed by atoms with Crippen LogP contribution in [0.2, 0.25) is 0 Å². The minimum atomic E-state index is 0.467. The molecule has 90 valence electrons. The SMILES string of the molecule is CNCC1CC(OCCOCCOC)C1. The summed E-state index contributed by atoms with van der Waals surface area (Å²) in [7, 11) is 3.67. The molecule has 4 heteroatoms. The van der Waals surface area contributed by atoms with Crippen LogP contribution in [-0.2, 0) is 14.2 Å². The van der Waals surface area contributed by atoms with E-state index >= 15 is 0 Å². The quantitative estimate of drug-likeness (QED) is 0.576. The summed E-state index contributed by atoms with van der Waals surface area (Å²) in [6.45, 7) is 3.82. The highest BCUT2D eigenvalue weighted by atomic mass is 16.5. The van der Waals surface area contributed by atoms with Crippen LogP contribution in [0.5, 0.6) is 0 Å². The molecule has 4 nitrogen and oxygen atoms in total. The summed E-state index contributed by atoms with van der Waals surface area (Å²) in [5, 5.41) is 3.19. The van der Waals surface area contributed by atoms with Gasteiger partial charge in [0, 0.05) is 7.11 Å². The fraction of sp³-hybridized carbons (Fsp3) is 1.00. The lowest BCUT2D eigenvalue weighted by Crippen LogP contribution is -2.37. The molecule has 1 rings (SSSR count). The molecule has 0 heterocycles. The van der Waals surface area contributed by atoms with Gasteiger partial charge in [0.05, 0.1) is 32.5 Å². The lowest BCUT2D eigenvalue weighted by Gasteiger charge is -2.34. The van der Waals surface area contributed by atoms with Crippen molar-refractivity contribution in [2.45, 2.75) is 18.9 Å². The Kier molecular flexibility index (Phi) is 6.92. The Morgan fingerprint density at radius 1 is 1.13 bits per heavy atom. The number of hydrogen-bond acceptors (Lipinski definition) is 4. The molecule has 0 aliphatic heterocycles. The molecular formula is C11H23NO3. The molecule has 0 bridgehead atoms. The summed E-state index contributed by atoms with van der Waals surface area (Å²) in [5.41, 5.74) is 0. The molecule has 0 unspecified atom stereocenters. The molecule has 1 aliphatic carbocycles. The first-order chi connectivity index (χ1) is 7.36. The van der Waals surface area contributed by atoms with Gasteiger partial charge in [-0.1, -0.05) is 0 Å². The topological polar surface area (TPSA) is 39.7 Å². The Hall–Kier alpha value is -0.160. The maximum Gasteiger partial charge on any atom is 0.0704 e. The molecule has 0 atom stereocenters. The molecule has 0 spiro atoms. The second kappa shape index (κ2) is 8.05. The molecule has 1 saturated carbocycles. The van der Waals surface area contributed by atoms with Crippen LogP contribution >= 0.6 is 0 Å². The Balaban J connectivity index is 1.78. The second-order valence-electron chi connectivity index (χ2n) is 3.99. The van der Waals surface area contributed by atoms with E-state index in [1.807, 2.05) is 7.05 Å². The van der Waals surface area contributed by atoms with E-state index in [0.717, 1.165) is 12.5 Å². The van der Waals surface area contributed by atoms with E-state index in [1.165, 1.54) is 12.8 Å². The van der Waals surface area contributed by atoms with E-state index in [2.05, 4.69) is 5.32 Å². The molecule has 0 aromatic carbocycles. The molecule has 0 saturated heterocycles. The highest BCUT2D eigenvalue weighted by molar-refractivity contribution is 4.81. The zero-order valence-corrected chi connectivity index (χ0v) is 9.83. The molecular weight excluding hydrogens is 194 g/mol. The van der Waals surface area contributed by atoms with Crippen molar-refractivity contribution in [2.75, 3.05) is 47.1 Å². The predicted octanol–water partition coefficient (Wildman–Crippen LogP) is 0.664. The van der Waals surface area contributed by atoms with E-state index in [4.69, 9.17) is 14.2 Å². The van der Waals surface area contributed by atoms with Crippen molar-refractivity contribution < 1.29 is 14.2 Å². The molecule has 0 aromatic rings. The van der Waals surface area contributed by atoms with Crippen molar-refractivity contribution in [1.29, 1.82) is 0 Å². The zero-order chi connectivity index (χ0) is 10.9. The van der Waals surface area contributed by atoms with Crippen molar-refractivity contribution in [3.05, 3.63) is 0 Å². The molecule has 0 radical (unpaired) electrons. The first-order valence-corrected chi connectivity index (χ1v) is 5.69. The number of methoxy groups -OCH3 is 1. The van der Waals surface area contributed by atoms with Gasteiger partial charge in [0.15, 0.2) is 0 Å². The summed E-state index contributed by atoms with van der Waals surface area (Å²) < 4.78 is 15.8. The van der Waals surface area contributed by atoms with Crippen LogP contribution in [0.15, 0.2) is 0 Å². The van der Waals surface area contributed by atoms with Crippen molar-refractivity contribution in [3.8, 4) is 0 Å². The Morgan fingerprint density at radius 3 is 2.53 bits per heavy atom. The first-order valence-electron chi connectivity index (χ1n) is 5.69. The Labute approximate surface area is 92.3 Å². The van der Waals surface area contributed by atoms with Gasteiger partial charge < -0.3 is 19.5 Å². The number of nitrogens with one attached hydrogen (secondary N) is 1. The average Bonchev–Trinajstić information content (AvgIpc) is 2.19. The van der Waals surface area contributed by atoms with Gasteiger partial charge in [0.25, 0.3) is 0 Å². The van der Waals surface area contributed by atoms with Crippen molar-refractivity contribution in [2.24, 2.45) is 5.92 Å². The average molecular weight is 217 g/mol. The number of rotatable bonds is 9. The highest BCUT2D eigenvalue weighted by Crippen LogP contribution is 2.29. The Morgan fingerprint density at radius 2 is 1.87 bits per heavy atom. The van der Waals surface area contributed by atoms with Crippen LogP contribution in [0.25, 0.3) is 0 Å². The lowest BCUT2D eigenvalue weighted by molar-refractivity contribution is -0.0553. The molecule has 15 heavy (non-hydrogen) atoms. The van der Waals surface area contributed by atoms with Gasteiger partial charge >= 0.3 is 0 Å². The van der Waals surface area contributed by atoms with E-state index in [-0.39, 0.29) is 0 Å². The van der Waals surface area contributed by atoms with E-state index in [9.17, 15) is 0 Å². The van der Waals surface area contributed by atoms with Crippen LogP contribution in [0.1, 0.15) is 12.8 Å². The van der Waals surface area contributed by atoms with Gasteiger partial charge in [-0.05, 0) is 32.4 Å². The third-order valence-corrected chi connectivity index (χ3v) is 2.70. The number of ether oxygens (including phenoxy) is 3. The van der Waals surface area contributed by atoms with Crippen LogP contribution in [-0.4, -0.2) is 53.2 Å². The smallest absolute Gasteiger partial charge is 0.0704 e. The monoisotopic (exact) mass is 217 g/mol. The second-order valence-corrected chi connectivity index (χ2v) is 3.99. The van der Waals surface area contributed by atoms with Crippen LogP contribution in [0.4, 0.5) is 0 Å². The van der Waals surface area contributed by atoms with Crippen LogP contribution < -0.4 is 5.32 Å². The summed E-state index contributed by atoms with van der Waals surface area (Å²) in [4.78, 5) is 0. The number of hydrogen-bond donors (Lipinski definition) is 1. The van der Waals surface area contributed by atoms with Gasteiger partial charge in [-0.15, -0.1) is 0 Å². The lowest BCUT2D eigenvalue weighted by atomic mass is 9.82. The van der Waals surface area contributed by atoms with Gasteiger partial charge in [-0.25, -0.2) is 0 Å². The van der Waals surface area contributed by atoms with Crippen molar-refractivity contribution in [1.82, 2.24) is 5.32 Å². The maximum absolute atomic E-state index is 5.64. The largest absolute Gasteiger partial charge is 0.382 e. The van der Waals surface area contributed by atoms with Crippen LogP contribution in [0.3, 0.4) is 0 Å². The summed E-state index contributed by atoms with van der Waals surface area (Å²) in [6, 6.07) is 0. The van der Waals surface area contributed by atoms with E-state index < -0.39 is 0 Å². The summed E-state index contributed by atoms with van der Waals surface area (Å²) in [5.74, 6) is 0.814. The predicted molar refractivity (Wildman–Crippen MR) is 59.1 cm³/mol. The van der Waals surface area contributed by atoms with Crippen molar-refractivity contribution >= 4 is 0 Å². The van der Waals surface area contributed by atoms with Gasteiger partial charge in [0.1, 0.15) is 0 Å². The maximum atomic E-state index is 5.64.